The van der Waals surface area contributed by atoms with E-state index in [0.717, 1.165) is 18.5 Å². The van der Waals surface area contributed by atoms with Gasteiger partial charge in [0, 0.05) is 6.04 Å². The molecule has 1 unspecified atom stereocenters. The molecular formula is C15H20FNO. The van der Waals surface area contributed by atoms with E-state index in [-0.39, 0.29) is 5.82 Å². The van der Waals surface area contributed by atoms with Gasteiger partial charge in [0.2, 0.25) is 0 Å². The first-order valence-corrected chi connectivity index (χ1v) is 6.55. The molecule has 1 aromatic carbocycles. The molecule has 0 spiro atoms. The molecule has 0 radical (unpaired) electrons. The smallest absolute Gasteiger partial charge is 0.165 e. The van der Waals surface area contributed by atoms with Gasteiger partial charge < -0.3 is 10.1 Å². The Kier molecular flexibility index (Phi) is 4.76. The molecule has 1 aliphatic rings. The summed E-state index contributed by atoms with van der Waals surface area (Å²) in [6.07, 6.45) is 9.09. The molecule has 1 atom stereocenters. The fraction of sp³-hybridized carbons (Fsp3) is 0.467. The van der Waals surface area contributed by atoms with Crippen LogP contribution in [0.4, 0.5) is 4.39 Å². The van der Waals surface area contributed by atoms with Gasteiger partial charge in [-0.1, -0.05) is 31.1 Å². The molecule has 0 amide bonds. The van der Waals surface area contributed by atoms with E-state index in [4.69, 9.17) is 4.74 Å². The van der Waals surface area contributed by atoms with Crippen LogP contribution in [-0.4, -0.2) is 19.7 Å². The Morgan fingerprint density at radius 3 is 3.00 bits per heavy atom. The maximum Gasteiger partial charge on any atom is 0.165 e. The zero-order valence-electron chi connectivity index (χ0n) is 10.8. The van der Waals surface area contributed by atoms with Crippen LogP contribution in [0.15, 0.2) is 24.3 Å². The lowest BCUT2D eigenvalue weighted by Gasteiger charge is -2.10. The Labute approximate surface area is 108 Å². The number of hydrogen-bond donors (Lipinski definition) is 1. The van der Waals surface area contributed by atoms with Gasteiger partial charge in [0.25, 0.3) is 0 Å². The molecule has 0 aromatic heterocycles. The van der Waals surface area contributed by atoms with Gasteiger partial charge in [-0.05, 0) is 37.1 Å². The highest BCUT2D eigenvalue weighted by molar-refractivity contribution is 5.51. The Morgan fingerprint density at radius 2 is 2.22 bits per heavy atom. The molecule has 18 heavy (non-hydrogen) atoms. The first-order chi connectivity index (χ1) is 8.79. The second-order valence-corrected chi connectivity index (χ2v) is 4.66. The fourth-order valence-corrected chi connectivity index (χ4v) is 2.23. The molecule has 3 heteroatoms. The van der Waals surface area contributed by atoms with Crippen LogP contribution >= 0.6 is 0 Å². The monoisotopic (exact) mass is 249 g/mol. The lowest BCUT2D eigenvalue weighted by Crippen LogP contribution is -2.25. The van der Waals surface area contributed by atoms with Gasteiger partial charge in [0.05, 0.1) is 7.11 Å². The number of benzene rings is 1. The fourth-order valence-electron chi connectivity index (χ4n) is 2.23. The second kappa shape index (κ2) is 6.55. The summed E-state index contributed by atoms with van der Waals surface area (Å²) in [5, 5.41) is 3.48. The Bertz CT molecular complexity index is 409. The standard InChI is InChI=1S/C15H20FNO/c1-18-15-9-7-12(11-14(15)16)6-8-13-5-3-2-4-10-17-13/h6-9,11,13,17H,2-5,10H2,1H3/b8-6+. The zero-order valence-corrected chi connectivity index (χ0v) is 10.8. The van der Waals surface area contributed by atoms with Crippen LogP contribution in [-0.2, 0) is 0 Å². The van der Waals surface area contributed by atoms with Crippen LogP contribution in [0.3, 0.4) is 0 Å². The molecule has 2 rings (SSSR count). The van der Waals surface area contributed by atoms with Gasteiger partial charge in [-0.25, -0.2) is 4.39 Å². The van der Waals surface area contributed by atoms with Gasteiger partial charge in [0.15, 0.2) is 11.6 Å². The highest BCUT2D eigenvalue weighted by Gasteiger charge is 2.07. The van der Waals surface area contributed by atoms with Gasteiger partial charge in [-0.3, -0.25) is 0 Å². The average Bonchev–Trinajstić information content (AvgIpc) is 2.65. The summed E-state index contributed by atoms with van der Waals surface area (Å²) in [6.45, 7) is 1.08. The summed E-state index contributed by atoms with van der Waals surface area (Å²) in [4.78, 5) is 0. The minimum absolute atomic E-state index is 0.291. The van der Waals surface area contributed by atoms with Crippen molar-refractivity contribution in [3.63, 3.8) is 0 Å². The van der Waals surface area contributed by atoms with Crippen molar-refractivity contribution < 1.29 is 9.13 Å². The van der Waals surface area contributed by atoms with Gasteiger partial charge in [0.1, 0.15) is 0 Å². The Hall–Kier alpha value is -1.35. The third-order valence-electron chi connectivity index (χ3n) is 3.30. The van der Waals surface area contributed by atoms with Crippen molar-refractivity contribution >= 4 is 6.08 Å². The van der Waals surface area contributed by atoms with Crippen molar-refractivity contribution in [1.82, 2.24) is 5.32 Å². The molecule has 2 nitrogen and oxygen atoms in total. The summed E-state index contributed by atoms with van der Waals surface area (Å²) in [7, 11) is 1.48. The molecule has 98 valence electrons. The van der Waals surface area contributed by atoms with E-state index < -0.39 is 0 Å². The van der Waals surface area contributed by atoms with Gasteiger partial charge >= 0.3 is 0 Å². The lowest BCUT2D eigenvalue weighted by atomic mass is 10.1. The lowest BCUT2D eigenvalue weighted by molar-refractivity contribution is 0.386. The minimum Gasteiger partial charge on any atom is -0.494 e. The molecule has 0 aliphatic carbocycles. The molecule has 1 saturated heterocycles. The number of ether oxygens (including phenoxy) is 1. The quantitative estimate of drug-likeness (QED) is 0.886. The second-order valence-electron chi connectivity index (χ2n) is 4.66. The van der Waals surface area contributed by atoms with Crippen LogP contribution in [0.1, 0.15) is 31.2 Å². The third-order valence-corrected chi connectivity index (χ3v) is 3.30. The van der Waals surface area contributed by atoms with Crippen LogP contribution < -0.4 is 10.1 Å². The van der Waals surface area contributed by atoms with E-state index in [1.165, 1.54) is 32.4 Å². The number of nitrogens with one attached hydrogen (secondary N) is 1. The van der Waals surface area contributed by atoms with E-state index in [2.05, 4.69) is 11.4 Å². The van der Waals surface area contributed by atoms with Crippen molar-refractivity contribution in [3.8, 4) is 5.75 Å². The summed E-state index contributed by atoms with van der Waals surface area (Å²) >= 11 is 0. The van der Waals surface area contributed by atoms with Crippen molar-refractivity contribution in [2.45, 2.75) is 31.7 Å². The maximum absolute atomic E-state index is 13.5. The van der Waals surface area contributed by atoms with E-state index in [1.54, 1.807) is 6.07 Å². The predicted octanol–water partition coefficient (Wildman–Crippen LogP) is 3.38. The zero-order chi connectivity index (χ0) is 12.8. The van der Waals surface area contributed by atoms with Crippen LogP contribution in [0.25, 0.3) is 6.08 Å². The van der Waals surface area contributed by atoms with Gasteiger partial charge in [-0.2, -0.15) is 0 Å². The summed E-state index contributed by atoms with van der Waals surface area (Å²) in [5.41, 5.74) is 0.874. The summed E-state index contributed by atoms with van der Waals surface area (Å²) < 4.78 is 18.4. The molecule has 0 saturated carbocycles. The van der Waals surface area contributed by atoms with Crippen molar-refractivity contribution in [2.24, 2.45) is 0 Å². The van der Waals surface area contributed by atoms with Crippen molar-refractivity contribution in [3.05, 3.63) is 35.7 Å². The molecule has 1 aromatic rings. The highest BCUT2D eigenvalue weighted by atomic mass is 19.1. The summed E-state index contributed by atoms with van der Waals surface area (Å²) in [5.74, 6) is -0.0202. The van der Waals surface area contributed by atoms with Crippen LogP contribution in [0.2, 0.25) is 0 Å². The minimum atomic E-state index is -0.312. The SMILES string of the molecule is COc1ccc(/C=C/C2CCCCCN2)cc1F. The largest absolute Gasteiger partial charge is 0.494 e. The van der Waals surface area contributed by atoms with Crippen LogP contribution in [0, 0.1) is 5.82 Å². The molecule has 1 fully saturated rings. The molecule has 0 bridgehead atoms. The van der Waals surface area contributed by atoms with E-state index >= 15 is 0 Å². The first-order valence-electron chi connectivity index (χ1n) is 6.55. The number of rotatable bonds is 3. The topological polar surface area (TPSA) is 21.3 Å². The van der Waals surface area contributed by atoms with Crippen molar-refractivity contribution in [1.29, 1.82) is 0 Å². The summed E-state index contributed by atoms with van der Waals surface area (Å²) in [6, 6.07) is 5.45. The van der Waals surface area contributed by atoms with E-state index in [1.807, 2.05) is 12.1 Å². The predicted molar refractivity (Wildman–Crippen MR) is 72.2 cm³/mol. The molecule has 1 heterocycles. The highest BCUT2D eigenvalue weighted by Crippen LogP contribution is 2.19. The maximum atomic E-state index is 13.5. The van der Waals surface area contributed by atoms with Gasteiger partial charge in [-0.15, -0.1) is 0 Å². The first kappa shape index (κ1) is 13.1. The van der Waals surface area contributed by atoms with E-state index in [9.17, 15) is 4.39 Å². The number of halogens is 1. The van der Waals surface area contributed by atoms with Crippen LogP contribution in [0.5, 0.6) is 5.75 Å². The average molecular weight is 249 g/mol. The Morgan fingerprint density at radius 1 is 1.33 bits per heavy atom. The van der Waals surface area contributed by atoms with Crippen molar-refractivity contribution in [2.75, 3.05) is 13.7 Å². The Balaban J connectivity index is 2.01. The third kappa shape index (κ3) is 3.57. The molecule has 1 aliphatic heterocycles. The normalized spacial score (nSPS) is 20.9. The van der Waals surface area contributed by atoms with E-state index in [0.29, 0.717) is 11.8 Å². The molecule has 1 N–H and O–H groups in total. The number of methoxy groups -OCH3 is 1. The molecular weight excluding hydrogens is 229 g/mol. The number of hydrogen-bond acceptors (Lipinski definition) is 2.